The molecule has 0 aromatic rings. The normalized spacial score (nSPS) is 40.5. The van der Waals surface area contributed by atoms with Crippen molar-refractivity contribution in [2.45, 2.75) is 12.5 Å². The molecule has 1 saturated heterocycles. The summed E-state index contributed by atoms with van der Waals surface area (Å²) >= 11 is 0. The van der Waals surface area contributed by atoms with Crippen molar-refractivity contribution in [1.29, 1.82) is 0 Å². The molecular formula is C7H12N2O2. The highest BCUT2D eigenvalue weighted by molar-refractivity contribution is 5.66. The van der Waals surface area contributed by atoms with Crippen molar-refractivity contribution in [2.75, 3.05) is 13.1 Å². The van der Waals surface area contributed by atoms with Crippen molar-refractivity contribution >= 4 is 6.09 Å². The SMILES string of the molecule is NC[C@@H]1[C@@H]2C[C@@H]2CN1C(=O)O. The van der Waals surface area contributed by atoms with E-state index in [0.29, 0.717) is 24.9 Å². The maximum atomic E-state index is 10.6. The summed E-state index contributed by atoms with van der Waals surface area (Å²) < 4.78 is 0. The second kappa shape index (κ2) is 2.11. The molecule has 4 nitrogen and oxygen atoms in total. The van der Waals surface area contributed by atoms with Crippen molar-refractivity contribution in [1.82, 2.24) is 4.90 Å². The smallest absolute Gasteiger partial charge is 0.407 e. The lowest BCUT2D eigenvalue weighted by Crippen LogP contribution is -2.41. The highest BCUT2D eigenvalue weighted by Gasteiger charge is 2.53. The van der Waals surface area contributed by atoms with E-state index < -0.39 is 6.09 Å². The van der Waals surface area contributed by atoms with Gasteiger partial charge in [0.25, 0.3) is 0 Å². The summed E-state index contributed by atoms with van der Waals surface area (Å²) in [6.07, 6.45) is 0.374. The van der Waals surface area contributed by atoms with E-state index in [4.69, 9.17) is 10.8 Å². The van der Waals surface area contributed by atoms with Crippen LogP contribution < -0.4 is 5.73 Å². The fourth-order valence-electron chi connectivity index (χ4n) is 2.09. The average Bonchev–Trinajstić information content (AvgIpc) is 2.63. The third-order valence-electron chi connectivity index (χ3n) is 2.79. The number of piperidine rings is 1. The third kappa shape index (κ3) is 0.894. The van der Waals surface area contributed by atoms with Crippen molar-refractivity contribution < 1.29 is 9.90 Å². The lowest BCUT2D eigenvalue weighted by molar-refractivity contribution is 0.133. The summed E-state index contributed by atoms with van der Waals surface area (Å²) in [5, 5.41) is 8.72. The van der Waals surface area contributed by atoms with Crippen molar-refractivity contribution in [3.05, 3.63) is 0 Å². The van der Waals surface area contributed by atoms with Gasteiger partial charge < -0.3 is 15.7 Å². The highest BCUT2D eigenvalue weighted by Crippen LogP contribution is 2.48. The van der Waals surface area contributed by atoms with Crippen molar-refractivity contribution in [2.24, 2.45) is 17.6 Å². The van der Waals surface area contributed by atoms with Crippen LogP contribution in [0.3, 0.4) is 0 Å². The molecule has 0 radical (unpaired) electrons. The molecule has 3 atom stereocenters. The average molecular weight is 156 g/mol. The van der Waals surface area contributed by atoms with Gasteiger partial charge in [0, 0.05) is 13.1 Å². The molecule has 1 aliphatic carbocycles. The molecule has 0 bridgehead atoms. The molecule has 3 N–H and O–H groups in total. The van der Waals surface area contributed by atoms with Gasteiger partial charge in [0.1, 0.15) is 0 Å². The summed E-state index contributed by atoms with van der Waals surface area (Å²) in [7, 11) is 0. The zero-order chi connectivity index (χ0) is 8.01. The maximum Gasteiger partial charge on any atom is 0.407 e. The van der Waals surface area contributed by atoms with Crippen LogP contribution in [0, 0.1) is 11.8 Å². The van der Waals surface area contributed by atoms with Crippen molar-refractivity contribution in [3.8, 4) is 0 Å². The molecule has 2 aliphatic rings. The predicted molar refractivity (Wildman–Crippen MR) is 39.2 cm³/mol. The zero-order valence-electron chi connectivity index (χ0n) is 6.23. The number of rotatable bonds is 1. The Morgan fingerprint density at radius 2 is 2.45 bits per heavy atom. The van der Waals surface area contributed by atoms with Gasteiger partial charge in [0.15, 0.2) is 0 Å². The first-order valence-corrected chi connectivity index (χ1v) is 3.93. The summed E-state index contributed by atoms with van der Waals surface area (Å²) in [6.45, 7) is 1.19. The van der Waals surface area contributed by atoms with E-state index in [1.807, 2.05) is 0 Å². The first kappa shape index (κ1) is 6.91. The molecule has 0 unspecified atom stereocenters. The van der Waals surface area contributed by atoms with Crippen LogP contribution in [0.1, 0.15) is 6.42 Å². The van der Waals surface area contributed by atoms with E-state index in [-0.39, 0.29) is 6.04 Å². The minimum Gasteiger partial charge on any atom is -0.465 e. The zero-order valence-corrected chi connectivity index (χ0v) is 6.23. The second-order valence-electron chi connectivity index (χ2n) is 3.40. The highest BCUT2D eigenvalue weighted by atomic mass is 16.4. The van der Waals surface area contributed by atoms with Gasteiger partial charge in [-0.05, 0) is 18.3 Å². The van der Waals surface area contributed by atoms with Gasteiger partial charge in [-0.1, -0.05) is 0 Å². The molecule has 2 rings (SSSR count). The molecule has 11 heavy (non-hydrogen) atoms. The van der Waals surface area contributed by atoms with E-state index >= 15 is 0 Å². The van der Waals surface area contributed by atoms with Gasteiger partial charge in [0.2, 0.25) is 0 Å². The van der Waals surface area contributed by atoms with E-state index in [1.165, 1.54) is 11.3 Å². The predicted octanol–water partition coefficient (Wildman–Crippen LogP) is -0.0566. The van der Waals surface area contributed by atoms with Crippen molar-refractivity contribution in [3.63, 3.8) is 0 Å². The molecule has 1 saturated carbocycles. The summed E-state index contributed by atoms with van der Waals surface area (Å²) in [6, 6.07) is 0.109. The summed E-state index contributed by atoms with van der Waals surface area (Å²) in [5.74, 6) is 1.20. The van der Waals surface area contributed by atoms with Gasteiger partial charge in [-0.25, -0.2) is 4.79 Å². The van der Waals surface area contributed by atoms with Gasteiger partial charge >= 0.3 is 6.09 Å². The van der Waals surface area contributed by atoms with Crippen LogP contribution in [0.15, 0.2) is 0 Å². The van der Waals surface area contributed by atoms with Crippen LogP contribution in [0.4, 0.5) is 4.79 Å². The Bertz CT molecular complexity index is 195. The number of carboxylic acid groups (broad SMARTS) is 1. The number of hydrogen-bond donors (Lipinski definition) is 2. The molecule has 0 aromatic carbocycles. The third-order valence-corrected chi connectivity index (χ3v) is 2.79. The molecule has 4 heteroatoms. The Morgan fingerprint density at radius 1 is 1.73 bits per heavy atom. The molecule has 1 heterocycles. The van der Waals surface area contributed by atoms with Crippen LogP contribution in [-0.2, 0) is 0 Å². The Morgan fingerprint density at radius 3 is 2.91 bits per heavy atom. The van der Waals surface area contributed by atoms with Crippen LogP contribution in [0.5, 0.6) is 0 Å². The van der Waals surface area contributed by atoms with Crippen LogP contribution >= 0.6 is 0 Å². The number of nitrogens with zero attached hydrogens (tertiary/aromatic N) is 1. The van der Waals surface area contributed by atoms with Gasteiger partial charge in [-0.3, -0.25) is 0 Å². The lowest BCUT2D eigenvalue weighted by Gasteiger charge is -2.22. The number of carbonyl (C=O) groups is 1. The first-order valence-electron chi connectivity index (χ1n) is 3.93. The number of nitrogens with two attached hydrogens (primary N) is 1. The van der Waals surface area contributed by atoms with Gasteiger partial charge in [-0.15, -0.1) is 0 Å². The second-order valence-corrected chi connectivity index (χ2v) is 3.40. The monoisotopic (exact) mass is 156 g/mol. The van der Waals surface area contributed by atoms with E-state index in [0.717, 1.165) is 0 Å². The maximum absolute atomic E-state index is 10.6. The Labute approximate surface area is 65.0 Å². The van der Waals surface area contributed by atoms with E-state index in [1.54, 1.807) is 0 Å². The fourth-order valence-corrected chi connectivity index (χ4v) is 2.09. The van der Waals surface area contributed by atoms with Crippen LogP contribution in [-0.4, -0.2) is 35.2 Å². The fraction of sp³-hybridized carbons (Fsp3) is 0.857. The molecule has 62 valence electrons. The number of fused-ring (bicyclic) bond motifs is 1. The summed E-state index contributed by atoms with van der Waals surface area (Å²) in [5.41, 5.74) is 5.47. The quantitative estimate of drug-likeness (QED) is 0.559. The number of likely N-dealkylation sites (tertiary alicyclic amines) is 1. The molecule has 2 fully saturated rings. The number of hydrogen-bond acceptors (Lipinski definition) is 2. The molecule has 1 amide bonds. The van der Waals surface area contributed by atoms with E-state index in [2.05, 4.69) is 0 Å². The Kier molecular flexibility index (Phi) is 1.32. The van der Waals surface area contributed by atoms with Gasteiger partial charge in [-0.2, -0.15) is 0 Å². The van der Waals surface area contributed by atoms with Crippen LogP contribution in [0.2, 0.25) is 0 Å². The molecule has 0 aromatic heterocycles. The Hall–Kier alpha value is -0.770. The number of amides is 1. The van der Waals surface area contributed by atoms with Crippen LogP contribution in [0.25, 0.3) is 0 Å². The lowest BCUT2D eigenvalue weighted by atomic mass is 10.2. The van der Waals surface area contributed by atoms with E-state index in [9.17, 15) is 4.79 Å². The minimum atomic E-state index is -0.812. The standard InChI is InChI=1S/C7H12N2O2/c8-2-6-5-1-4(5)3-9(6)7(10)11/h4-6H,1-3,8H2,(H,10,11)/t4-,5-,6-/m1/s1. The topological polar surface area (TPSA) is 66.6 Å². The molecule has 1 aliphatic heterocycles. The summed E-state index contributed by atoms with van der Waals surface area (Å²) in [4.78, 5) is 12.1. The molecular weight excluding hydrogens is 144 g/mol. The first-order chi connectivity index (χ1) is 5.24. The van der Waals surface area contributed by atoms with Gasteiger partial charge in [0.05, 0.1) is 6.04 Å². The Balaban J connectivity index is 2.06. The largest absolute Gasteiger partial charge is 0.465 e. The molecule has 0 spiro atoms. The minimum absolute atomic E-state index is 0.109.